The highest BCUT2D eigenvalue weighted by molar-refractivity contribution is 5.84. The number of aliphatic hydroxyl groups is 3. The Balaban J connectivity index is 0.977. The number of aliphatic hydroxyl groups excluding tert-OH is 3. The fraction of sp³-hybridized carbons (Fsp3) is 0.830. The fourth-order valence-electron chi connectivity index (χ4n) is 13.0. The van der Waals surface area contributed by atoms with Gasteiger partial charge < -0.3 is 30.7 Å². The Kier molecular flexibility index (Phi) is 15.1. The zero-order valence-corrected chi connectivity index (χ0v) is 34.8. The van der Waals surface area contributed by atoms with Crippen molar-refractivity contribution in [1.82, 2.24) is 0 Å². The number of nitrogens with two attached hydrogens (primary N) is 3. The smallest absolute Gasteiger partial charge is 0.176 e. The lowest BCUT2D eigenvalue weighted by Crippen LogP contribution is -2.96. The number of methoxy groups -OCH3 is 1. The van der Waals surface area contributed by atoms with E-state index >= 15 is 0 Å². The molecule has 10 nitrogen and oxygen atoms in total. The van der Waals surface area contributed by atoms with E-state index in [9.17, 15) is 24.9 Å². The molecule has 2 saturated heterocycles. The third-order valence-electron chi connectivity index (χ3n) is 16.4. The SMILES string of the molecule is COC1CC2CCC(=O)[C@@H]([C@H](O)CCCC3([C@H]4C[NH2+][C@@H]5CC(=O)CC[C@H]5C4)CCCC3)C#C[C@@H](CC[C@H](O)CCC3CC(N)[NH2+]CC3CC3=C[CH+]N=C3)C2CC1O. The molecule has 5 fully saturated rings. The van der Waals surface area contributed by atoms with Crippen molar-refractivity contribution in [3.05, 3.63) is 18.2 Å². The van der Waals surface area contributed by atoms with Gasteiger partial charge in [-0.2, -0.15) is 0 Å². The first-order valence-corrected chi connectivity index (χ1v) is 23.2. The van der Waals surface area contributed by atoms with Crippen LogP contribution < -0.4 is 16.4 Å². The summed E-state index contributed by atoms with van der Waals surface area (Å²) in [6.45, 7) is 3.97. The van der Waals surface area contributed by atoms with Gasteiger partial charge >= 0.3 is 0 Å². The summed E-state index contributed by atoms with van der Waals surface area (Å²) >= 11 is 0. The van der Waals surface area contributed by atoms with E-state index in [4.69, 9.17) is 10.5 Å². The summed E-state index contributed by atoms with van der Waals surface area (Å²) < 4.78 is 5.70. The van der Waals surface area contributed by atoms with Crippen molar-refractivity contribution in [1.29, 1.82) is 0 Å². The van der Waals surface area contributed by atoms with Crippen LogP contribution in [0.1, 0.15) is 135 Å². The molecular weight excluding hydrogens is 717 g/mol. The van der Waals surface area contributed by atoms with Crippen LogP contribution >= 0.6 is 0 Å². The van der Waals surface area contributed by atoms with E-state index in [1.807, 2.05) is 12.8 Å². The standard InChI is InChI=1S/C47H73N4O6/c1-57-45-23-33-10-15-43(55)39(42(54)5-4-19-47(17-2-3-18-47)36-22-34-8-13-38(53)25-41(34)50-29-36)14-9-31(40(33)26-44(45)56)6-11-37(52)12-7-32-24-46(48)51-28-35(32)21-30-16-20-49-27-30/h16,20,27,31-37,39-42,44-46,50-52,54,56H,2-8,10-13,15,17-19,21-26,28-29,48H2,1H3/q+1/p+2/t31-,32?,33?,34+,35?,36-,37+,39-,40?,41-,42-,44?,45?,46?/m1/s1. The minimum atomic E-state index is -0.796. The molecule has 57 heavy (non-hydrogen) atoms. The van der Waals surface area contributed by atoms with Gasteiger partial charge in [0, 0.05) is 56.5 Å². The lowest BCUT2D eigenvalue weighted by atomic mass is 9.63. The molecule has 0 aromatic heterocycles. The number of fused-ring (bicyclic) bond motifs is 2. The van der Waals surface area contributed by atoms with E-state index in [0.717, 1.165) is 70.9 Å². The summed E-state index contributed by atoms with van der Waals surface area (Å²) in [5.74, 6) is 9.18. The predicted octanol–water partition coefficient (Wildman–Crippen LogP) is 3.37. The van der Waals surface area contributed by atoms with Crippen molar-refractivity contribution in [2.45, 2.75) is 171 Å². The molecule has 7 aliphatic rings. The number of ketones is 2. The molecule has 9 N–H and O–H groups in total. The molecule has 0 spiro atoms. The highest BCUT2D eigenvalue weighted by atomic mass is 16.5. The first-order valence-electron chi connectivity index (χ1n) is 23.2. The summed E-state index contributed by atoms with van der Waals surface area (Å²) in [6, 6.07) is 0.474. The van der Waals surface area contributed by atoms with Crippen LogP contribution in [0.5, 0.6) is 0 Å². The third-order valence-corrected chi connectivity index (χ3v) is 16.4. The van der Waals surface area contributed by atoms with Gasteiger partial charge in [0.05, 0.1) is 56.0 Å². The van der Waals surface area contributed by atoms with Crippen LogP contribution in [0.3, 0.4) is 0 Å². The Morgan fingerprint density at radius 2 is 1.79 bits per heavy atom. The van der Waals surface area contributed by atoms with E-state index in [0.29, 0.717) is 85.9 Å². The average molecular weight is 792 g/mol. The molecule has 0 aromatic rings. The second-order valence-electron chi connectivity index (χ2n) is 19.8. The molecular formula is C47H75N4O6+3. The van der Waals surface area contributed by atoms with E-state index in [1.54, 1.807) is 7.11 Å². The van der Waals surface area contributed by atoms with E-state index < -0.39 is 24.2 Å². The Morgan fingerprint density at radius 3 is 2.58 bits per heavy atom. The van der Waals surface area contributed by atoms with Crippen molar-refractivity contribution in [2.75, 3.05) is 20.2 Å². The minimum absolute atomic E-state index is 0.0416. The molecule has 10 heteroatoms. The van der Waals surface area contributed by atoms with Gasteiger partial charge in [-0.1, -0.05) is 31.1 Å². The van der Waals surface area contributed by atoms with Crippen LogP contribution in [0.15, 0.2) is 16.6 Å². The zero-order valence-electron chi connectivity index (χ0n) is 34.8. The van der Waals surface area contributed by atoms with Gasteiger partial charge in [-0.25, -0.2) is 0 Å². The molecule has 0 radical (unpaired) electrons. The summed E-state index contributed by atoms with van der Waals surface area (Å²) in [5, 5.41) is 39.0. The van der Waals surface area contributed by atoms with Crippen LogP contribution in [0.4, 0.5) is 0 Å². The zero-order chi connectivity index (χ0) is 39.9. The van der Waals surface area contributed by atoms with Gasteiger partial charge in [-0.3, -0.25) is 15.3 Å². The van der Waals surface area contributed by atoms with Crippen molar-refractivity contribution in [3.63, 3.8) is 0 Å². The summed E-state index contributed by atoms with van der Waals surface area (Å²) in [7, 11) is 1.66. The van der Waals surface area contributed by atoms with Gasteiger partial charge in [0.25, 0.3) is 0 Å². The lowest BCUT2D eigenvalue weighted by molar-refractivity contribution is -0.713. The number of aliphatic imine (C=N–C) groups is 1. The number of carbonyl (C=O) groups is 2. The van der Waals surface area contributed by atoms with Crippen LogP contribution in [-0.2, 0) is 14.3 Å². The number of Topliss-reactive ketones (excluding diaryl/α,β-unsaturated/α-hetero) is 2. The number of allylic oxidation sites excluding steroid dienone is 1. The molecule has 0 amide bonds. The largest absolute Gasteiger partial charge is 0.393 e. The molecule has 7 rings (SSSR count). The van der Waals surface area contributed by atoms with E-state index in [1.165, 1.54) is 37.7 Å². The average Bonchev–Trinajstić information content (AvgIpc) is 3.92. The molecule has 0 bridgehead atoms. The van der Waals surface area contributed by atoms with Gasteiger partial charge in [-0.15, -0.1) is 4.99 Å². The number of ether oxygens (including phenoxy) is 1. The normalized spacial score (nSPS) is 39.0. The van der Waals surface area contributed by atoms with Gasteiger partial charge in [-0.05, 0) is 107 Å². The maximum Gasteiger partial charge on any atom is 0.176 e. The molecule has 0 aromatic carbocycles. The topological polar surface area (TPSA) is 176 Å². The summed E-state index contributed by atoms with van der Waals surface area (Å²) in [4.78, 5) is 30.3. The number of hydrogen-bond donors (Lipinski definition) is 6. The minimum Gasteiger partial charge on any atom is -0.393 e. The number of nitrogens with zero attached hydrogens (tertiary/aromatic N) is 1. The Hall–Kier alpha value is -2.10. The quantitative estimate of drug-likeness (QED) is 0.109. The maximum absolute atomic E-state index is 13.9. The maximum atomic E-state index is 13.9. The van der Waals surface area contributed by atoms with Gasteiger partial charge in [0.1, 0.15) is 35.8 Å². The van der Waals surface area contributed by atoms with Gasteiger partial charge in [0.15, 0.2) is 6.21 Å². The predicted molar refractivity (Wildman–Crippen MR) is 220 cm³/mol. The van der Waals surface area contributed by atoms with Crippen molar-refractivity contribution in [2.24, 2.45) is 63.5 Å². The molecule has 7 unspecified atom stereocenters. The Bertz CT molecular complexity index is 1480. The second-order valence-corrected chi connectivity index (χ2v) is 19.8. The lowest BCUT2D eigenvalue weighted by Gasteiger charge is -2.45. The molecule has 4 aliphatic carbocycles. The second kappa shape index (κ2) is 20.0. The fourth-order valence-corrected chi connectivity index (χ4v) is 13.0. The monoisotopic (exact) mass is 792 g/mol. The molecule has 316 valence electrons. The Morgan fingerprint density at radius 1 is 0.982 bits per heavy atom. The highest BCUT2D eigenvalue weighted by Crippen LogP contribution is 2.51. The van der Waals surface area contributed by atoms with Crippen LogP contribution in [0, 0.1) is 71.1 Å². The number of quaternary nitrogens is 2. The molecule has 3 aliphatic heterocycles. The first-order chi connectivity index (χ1) is 27.6. The van der Waals surface area contributed by atoms with Crippen molar-refractivity contribution < 1.29 is 40.3 Å². The third kappa shape index (κ3) is 10.8. The van der Waals surface area contributed by atoms with Gasteiger partial charge in [0.2, 0.25) is 0 Å². The number of piperidine rings is 2. The van der Waals surface area contributed by atoms with E-state index in [2.05, 4.69) is 33.5 Å². The number of rotatable bonds is 15. The number of carbonyl (C=O) groups excluding carboxylic acids is 2. The van der Waals surface area contributed by atoms with Crippen LogP contribution in [0.2, 0.25) is 0 Å². The molecule has 3 saturated carbocycles. The summed E-state index contributed by atoms with van der Waals surface area (Å²) in [5.41, 5.74) is 7.96. The first kappa shape index (κ1) is 43.0. The van der Waals surface area contributed by atoms with E-state index in [-0.39, 0.29) is 35.8 Å². The van der Waals surface area contributed by atoms with Crippen LogP contribution in [0.25, 0.3) is 0 Å². The molecule has 14 atom stereocenters. The molecule has 3 heterocycles. The highest BCUT2D eigenvalue weighted by Gasteiger charge is 2.48. The Labute approximate surface area is 342 Å². The van der Waals surface area contributed by atoms with Crippen LogP contribution in [-0.4, -0.2) is 89.9 Å². The summed E-state index contributed by atoms with van der Waals surface area (Å²) in [6.07, 6.45) is 20.7. The van der Waals surface area contributed by atoms with Crippen molar-refractivity contribution >= 4 is 17.8 Å². The van der Waals surface area contributed by atoms with Crippen molar-refractivity contribution in [3.8, 4) is 11.8 Å². The number of hydrogen-bond acceptors (Lipinski definition) is 8.